The second-order valence-electron chi connectivity index (χ2n) is 6.61. The number of carbonyl (C=O) groups excluding carboxylic acids is 1. The molecule has 1 aliphatic heterocycles. The minimum absolute atomic E-state index is 0.0399. The van der Waals surface area contributed by atoms with Gasteiger partial charge in [0.1, 0.15) is 11.1 Å². The summed E-state index contributed by atoms with van der Waals surface area (Å²) in [6.45, 7) is 6.78. The predicted molar refractivity (Wildman–Crippen MR) is 90.7 cm³/mol. The Kier molecular flexibility index (Phi) is 5.00. The zero-order valence-corrected chi connectivity index (χ0v) is 14.5. The number of rotatable bonds is 3. The Labute approximate surface area is 141 Å². The molecule has 0 bridgehead atoms. The summed E-state index contributed by atoms with van der Waals surface area (Å²) in [6.07, 6.45) is 3.09. The highest BCUT2D eigenvalue weighted by atomic mass is 32.1. The van der Waals surface area contributed by atoms with Gasteiger partial charge in [0.15, 0.2) is 0 Å². The van der Waals surface area contributed by atoms with Gasteiger partial charge in [0.05, 0.1) is 25.3 Å². The van der Waals surface area contributed by atoms with Crippen molar-refractivity contribution in [3.05, 3.63) is 16.0 Å². The Morgan fingerprint density at radius 2 is 2.35 bits per heavy atom. The number of fused-ring (bicyclic) bond motifs is 1. The number of hydrogen-bond acceptors (Lipinski definition) is 5. The van der Waals surface area contributed by atoms with Gasteiger partial charge in [0, 0.05) is 17.5 Å². The van der Waals surface area contributed by atoms with Crippen LogP contribution < -0.4 is 5.32 Å². The van der Waals surface area contributed by atoms with Crippen molar-refractivity contribution in [3.63, 3.8) is 0 Å². The minimum atomic E-state index is -0.0399. The molecule has 2 atom stereocenters. The molecule has 0 radical (unpaired) electrons. The average Bonchev–Trinajstić information content (AvgIpc) is 2.85. The SMILES string of the molecule is CC1CCc2c(sc(NC(=O)CN3CCOCC3C)c2C#N)C1. The molecule has 23 heavy (non-hydrogen) atoms. The number of thiophene rings is 1. The molecule has 1 fully saturated rings. The Hall–Kier alpha value is -1.42. The first-order chi connectivity index (χ1) is 11.1. The average molecular weight is 333 g/mol. The Balaban J connectivity index is 1.70. The standard InChI is InChI=1S/C17H23N3O2S/c1-11-3-4-13-14(8-18)17(23-15(13)7-11)19-16(21)9-20-5-6-22-10-12(20)2/h11-12H,3-7,9-10H2,1-2H3,(H,19,21). The Morgan fingerprint density at radius 3 is 3.09 bits per heavy atom. The van der Waals surface area contributed by atoms with Crippen LogP contribution in [0.2, 0.25) is 0 Å². The first-order valence-corrected chi connectivity index (χ1v) is 9.06. The second kappa shape index (κ2) is 7.00. The van der Waals surface area contributed by atoms with Crippen molar-refractivity contribution in [1.29, 1.82) is 5.26 Å². The van der Waals surface area contributed by atoms with Crippen LogP contribution in [-0.2, 0) is 22.4 Å². The first kappa shape index (κ1) is 16.4. The van der Waals surface area contributed by atoms with Gasteiger partial charge in [-0.1, -0.05) is 6.92 Å². The van der Waals surface area contributed by atoms with Crippen LogP contribution in [-0.4, -0.2) is 43.2 Å². The van der Waals surface area contributed by atoms with Gasteiger partial charge in [-0.15, -0.1) is 11.3 Å². The molecule has 6 heteroatoms. The minimum Gasteiger partial charge on any atom is -0.379 e. The van der Waals surface area contributed by atoms with Crippen LogP contribution >= 0.6 is 11.3 Å². The van der Waals surface area contributed by atoms with Crippen LogP contribution in [0.3, 0.4) is 0 Å². The van der Waals surface area contributed by atoms with Gasteiger partial charge in [-0.3, -0.25) is 9.69 Å². The molecule has 1 N–H and O–H groups in total. The normalized spacial score (nSPS) is 24.7. The first-order valence-electron chi connectivity index (χ1n) is 8.24. The van der Waals surface area contributed by atoms with Crippen LogP contribution in [0.15, 0.2) is 0 Å². The van der Waals surface area contributed by atoms with Gasteiger partial charge in [-0.2, -0.15) is 5.26 Å². The van der Waals surface area contributed by atoms with E-state index in [9.17, 15) is 10.1 Å². The highest BCUT2D eigenvalue weighted by Gasteiger charge is 2.26. The van der Waals surface area contributed by atoms with E-state index >= 15 is 0 Å². The number of nitrogens with one attached hydrogen (secondary N) is 1. The Morgan fingerprint density at radius 1 is 1.52 bits per heavy atom. The highest BCUT2D eigenvalue weighted by molar-refractivity contribution is 7.16. The van der Waals surface area contributed by atoms with Crippen molar-refractivity contribution in [2.24, 2.45) is 5.92 Å². The molecule has 3 rings (SSSR count). The van der Waals surface area contributed by atoms with Gasteiger partial charge < -0.3 is 10.1 Å². The van der Waals surface area contributed by atoms with Crippen LogP contribution in [0.4, 0.5) is 5.00 Å². The largest absolute Gasteiger partial charge is 0.379 e. The molecule has 124 valence electrons. The molecule has 2 unspecified atom stereocenters. The number of anilines is 1. The molecule has 2 heterocycles. The van der Waals surface area contributed by atoms with Crippen molar-refractivity contribution < 1.29 is 9.53 Å². The van der Waals surface area contributed by atoms with Crippen LogP contribution in [0.5, 0.6) is 0 Å². The van der Waals surface area contributed by atoms with Crippen LogP contribution in [0.1, 0.15) is 36.3 Å². The fourth-order valence-electron chi connectivity index (χ4n) is 3.30. The molecule has 1 saturated heterocycles. The van der Waals surface area contributed by atoms with E-state index in [-0.39, 0.29) is 11.9 Å². The van der Waals surface area contributed by atoms with Crippen LogP contribution in [0.25, 0.3) is 0 Å². The summed E-state index contributed by atoms with van der Waals surface area (Å²) in [6, 6.07) is 2.55. The van der Waals surface area contributed by atoms with Crippen molar-refractivity contribution in [2.45, 2.75) is 39.2 Å². The third-order valence-electron chi connectivity index (χ3n) is 4.73. The zero-order chi connectivity index (χ0) is 16.4. The maximum absolute atomic E-state index is 12.4. The molecular weight excluding hydrogens is 310 g/mol. The zero-order valence-electron chi connectivity index (χ0n) is 13.7. The number of hydrogen-bond donors (Lipinski definition) is 1. The smallest absolute Gasteiger partial charge is 0.239 e. The number of amides is 1. The molecule has 0 aromatic carbocycles. The van der Waals surface area contributed by atoms with E-state index in [4.69, 9.17) is 4.74 Å². The fourth-order valence-corrected chi connectivity index (χ4v) is 4.68. The topological polar surface area (TPSA) is 65.4 Å². The summed E-state index contributed by atoms with van der Waals surface area (Å²) in [5, 5.41) is 13.2. The van der Waals surface area contributed by atoms with Gasteiger partial charge in [0.25, 0.3) is 0 Å². The summed E-state index contributed by atoms with van der Waals surface area (Å²) in [5.74, 6) is 0.618. The van der Waals surface area contributed by atoms with Crippen molar-refractivity contribution >= 4 is 22.2 Å². The lowest BCUT2D eigenvalue weighted by Crippen LogP contribution is -2.47. The number of nitrogens with zero attached hydrogens (tertiary/aromatic N) is 2. The van der Waals surface area contributed by atoms with Crippen molar-refractivity contribution in [3.8, 4) is 6.07 Å². The fraction of sp³-hybridized carbons (Fsp3) is 0.647. The van der Waals surface area contributed by atoms with Gasteiger partial charge >= 0.3 is 0 Å². The molecule has 1 aromatic heterocycles. The van der Waals surface area contributed by atoms with E-state index in [1.54, 1.807) is 11.3 Å². The maximum Gasteiger partial charge on any atom is 0.239 e. The molecule has 2 aliphatic rings. The van der Waals surface area contributed by atoms with E-state index in [0.717, 1.165) is 36.4 Å². The Bertz CT molecular complexity index is 635. The monoisotopic (exact) mass is 333 g/mol. The molecule has 5 nitrogen and oxygen atoms in total. The summed E-state index contributed by atoms with van der Waals surface area (Å²) >= 11 is 1.58. The third kappa shape index (κ3) is 3.57. The summed E-state index contributed by atoms with van der Waals surface area (Å²) in [7, 11) is 0. The summed E-state index contributed by atoms with van der Waals surface area (Å²) in [5.41, 5.74) is 1.84. The van der Waals surface area contributed by atoms with Gasteiger partial charge in [0.2, 0.25) is 5.91 Å². The molecule has 0 spiro atoms. The highest BCUT2D eigenvalue weighted by Crippen LogP contribution is 2.39. The molecular formula is C17H23N3O2S. The molecule has 1 aromatic rings. The lowest BCUT2D eigenvalue weighted by Gasteiger charge is -2.32. The van der Waals surface area contributed by atoms with Gasteiger partial charge in [-0.05, 0) is 37.7 Å². The van der Waals surface area contributed by atoms with Crippen molar-refractivity contribution in [2.75, 3.05) is 31.6 Å². The number of nitriles is 1. The number of ether oxygens (including phenoxy) is 1. The van der Waals surface area contributed by atoms with Gasteiger partial charge in [-0.25, -0.2) is 0 Å². The quantitative estimate of drug-likeness (QED) is 0.922. The number of carbonyl (C=O) groups is 1. The van der Waals surface area contributed by atoms with E-state index in [1.165, 1.54) is 4.88 Å². The van der Waals surface area contributed by atoms with E-state index in [2.05, 4.69) is 30.1 Å². The molecule has 1 aliphatic carbocycles. The summed E-state index contributed by atoms with van der Waals surface area (Å²) in [4.78, 5) is 15.8. The third-order valence-corrected chi connectivity index (χ3v) is 5.90. The second-order valence-corrected chi connectivity index (χ2v) is 7.72. The van der Waals surface area contributed by atoms with E-state index < -0.39 is 0 Å². The summed E-state index contributed by atoms with van der Waals surface area (Å²) < 4.78 is 5.40. The maximum atomic E-state index is 12.4. The van der Waals surface area contributed by atoms with E-state index in [0.29, 0.717) is 31.2 Å². The van der Waals surface area contributed by atoms with E-state index in [1.807, 2.05) is 0 Å². The molecule has 0 saturated carbocycles. The molecule has 1 amide bonds. The number of morpholine rings is 1. The van der Waals surface area contributed by atoms with Crippen LogP contribution in [0, 0.1) is 17.2 Å². The lowest BCUT2D eigenvalue weighted by molar-refractivity contribution is -0.119. The lowest BCUT2D eigenvalue weighted by atomic mass is 9.89. The predicted octanol–water partition coefficient (Wildman–Crippen LogP) is 2.40. The van der Waals surface area contributed by atoms with Crippen molar-refractivity contribution in [1.82, 2.24) is 4.90 Å².